The van der Waals surface area contributed by atoms with Crippen LogP contribution in [0, 0.1) is 0 Å². The average molecular weight is 287 g/mol. The van der Waals surface area contributed by atoms with Crippen LogP contribution >= 0.6 is 8.25 Å². The second kappa shape index (κ2) is 18.3. The molecule has 0 amide bonds. The molecule has 0 spiro atoms. The normalized spacial score (nSPS) is 7.89. The molecule has 0 aliphatic heterocycles. The highest BCUT2D eigenvalue weighted by Crippen LogP contribution is 1.98. The Hall–Kier alpha value is -1.12. The van der Waals surface area contributed by atoms with Crippen LogP contribution in [0.15, 0.2) is 0 Å². The molecule has 6 N–H and O–H groups in total. The van der Waals surface area contributed by atoms with Crippen molar-refractivity contribution < 1.29 is 33.4 Å². The number of ether oxygens (including phenoxy) is 2. The third-order valence-corrected chi connectivity index (χ3v) is 0.944. The number of hydrogen-bond donors (Lipinski definition) is 4. The summed E-state index contributed by atoms with van der Waals surface area (Å²) >= 11 is 0. The number of nitrogens with two attached hydrogens (primary N) is 2. The zero-order valence-electron chi connectivity index (χ0n) is 10.4. The number of carbonyl (C=O) groups excluding carboxylic acids is 2. The highest BCUT2D eigenvalue weighted by Gasteiger charge is 1.93. The van der Waals surface area contributed by atoms with Gasteiger partial charge in [0.05, 0.1) is 26.3 Å². The van der Waals surface area contributed by atoms with E-state index in [1.807, 2.05) is 0 Å². The average Bonchev–Trinajstić information content (AvgIpc) is 2.29. The summed E-state index contributed by atoms with van der Waals surface area (Å²) in [7, 11) is -2.87. The van der Waals surface area contributed by atoms with Gasteiger partial charge in [0.15, 0.2) is 0 Å². The van der Waals surface area contributed by atoms with Gasteiger partial charge in [-0.15, -0.1) is 9.79 Å². The SMILES string of the molecule is CCOC(=O)CN.CCOC(=O)CN.O=[P+](O)O. The van der Waals surface area contributed by atoms with Crippen molar-refractivity contribution in [3.63, 3.8) is 0 Å². The largest absolute Gasteiger partial charge is 0.692 e. The molecule has 18 heavy (non-hydrogen) atoms. The molecule has 0 rings (SSSR count). The fourth-order valence-corrected chi connectivity index (χ4v) is 0.440. The standard InChI is InChI=1S/2C4H9NO2.HO3P/c2*1-2-7-4(6)3-5;1-4(2)3/h2*2-3,5H2,1H3;(H-,1,2,3)/p+1. The fourth-order valence-electron chi connectivity index (χ4n) is 0.440. The molecule has 0 saturated carbocycles. The molecular weight excluding hydrogens is 267 g/mol. The van der Waals surface area contributed by atoms with Gasteiger partial charge in [0, 0.05) is 4.57 Å². The minimum absolute atomic E-state index is 0.0200. The Morgan fingerprint density at radius 3 is 1.28 bits per heavy atom. The summed E-state index contributed by atoms with van der Waals surface area (Å²) < 4.78 is 17.6. The van der Waals surface area contributed by atoms with Gasteiger partial charge < -0.3 is 20.9 Å². The molecule has 9 nitrogen and oxygen atoms in total. The maximum absolute atomic E-state index is 10.1. The lowest BCUT2D eigenvalue weighted by Gasteiger charge is -1.93. The molecule has 108 valence electrons. The summed E-state index contributed by atoms with van der Waals surface area (Å²) in [4.78, 5) is 34.4. The van der Waals surface area contributed by atoms with Crippen LogP contribution in [0.2, 0.25) is 0 Å². The van der Waals surface area contributed by atoms with Gasteiger partial charge in [-0.05, 0) is 13.8 Å². The molecule has 0 fully saturated rings. The van der Waals surface area contributed by atoms with Gasteiger partial charge in [-0.2, -0.15) is 0 Å². The number of hydrogen-bond acceptors (Lipinski definition) is 7. The quantitative estimate of drug-likeness (QED) is 0.361. The van der Waals surface area contributed by atoms with Gasteiger partial charge in [-0.3, -0.25) is 9.59 Å². The molecule has 0 unspecified atom stereocenters. The number of esters is 2. The lowest BCUT2D eigenvalue weighted by Crippen LogP contribution is -2.16. The minimum atomic E-state index is -2.87. The van der Waals surface area contributed by atoms with E-state index in [-0.39, 0.29) is 25.0 Å². The van der Waals surface area contributed by atoms with Gasteiger partial charge in [0.1, 0.15) is 0 Å². The maximum atomic E-state index is 10.1. The first kappa shape index (κ1) is 22.1. The summed E-state index contributed by atoms with van der Waals surface area (Å²) in [5, 5.41) is 0. The van der Waals surface area contributed by atoms with Crippen molar-refractivity contribution in [3.8, 4) is 0 Å². The second-order valence-corrected chi connectivity index (χ2v) is 2.78. The van der Waals surface area contributed by atoms with Crippen LogP contribution in [-0.4, -0.2) is 48.0 Å². The van der Waals surface area contributed by atoms with Crippen LogP contribution in [-0.2, 0) is 23.6 Å². The molecule has 0 saturated heterocycles. The zero-order chi connectivity index (χ0) is 15.0. The van der Waals surface area contributed by atoms with Crippen molar-refractivity contribution in [2.45, 2.75) is 13.8 Å². The number of rotatable bonds is 4. The molecular formula is C8H20N2O7P+. The molecule has 0 aliphatic rings. The summed E-state index contributed by atoms with van der Waals surface area (Å²) in [6.07, 6.45) is 0. The van der Waals surface area contributed by atoms with E-state index in [2.05, 4.69) is 9.47 Å². The third kappa shape index (κ3) is 36.4. The minimum Gasteiger partial charge on any atom is -0.465 e. The first-order valence-corrected chi connectivity index (χ1v) is 6.08. The Morgan fingerprint density at radius 2 is 1.22 bits per heavy atom. The number of carbonyl (C=O) groups is 2. The summed E-state index contributed by atoms with van der Waals surface area (Å²) in [6, 6.07) is 0. The van der Waals surface area contributed by atoms with E-state index in [1.165, 1.54) is 0 Å². The van der Waals surface area contributed by atoms with E-state index in [0.717, 1.165) is 0 Å². The Balaban J connectivity index is -0.000000196. The van der Waals surface area contributed by atoms with Gasteiger partial charge in [0.25, 0.3) is 0 Å². The van der Waals surface area contributed by atoms with Crippen molar-refractivity contribution in [1.82, 2.24) is 0 Å². The maximum Gasteiger partial charge on any atom is 0.692 e. The van der Waals surface area contributed by atoms with Crippen molar-refractivity contribution in [2.75, 3.05) is 26.3 Å². The highest BCUT2D eigenvalue weighted by molar-refractivity contribution is 7.30. The highest BCUT2D eigenvalue weighted by atomic mass is 31.1. The molecule has 0 atom stereocenters. The first-order chi connectivity index (χ1) is 8.35. The molecule has 0 bridgehead atoms. The van der Waals surface area contributed by atoms with E-state index < -0.39 is 8.25 Å². The molecule has 0 heterocycles. The van der Waals surface area contributed by atoms with Crippen LogP contribution in [0.25, 0.3) is 0 Å². The van der Waals surface area contributed by atoms with E-state index in [9.17, 15) is 9.59 Å². The summed E-state index contributed by atoms with van der Waals surface area (Å²) in [5.74, 6) is -0.690. The van der Waals surface area contributed by atoms with E-state index in [4.69, 9.17) is 25.8 Å². The van der Waals surface area contributed by atoms with Crippen molar-refractivity contribution in [3.05, 3.63) is 0 Å². The van der Waals surface area contributed by atoms with Gasteiger partial charge in [-0.1, -0.05) is 0 Å². The Bertz CT molecular complexity index is 215. The van der Waals surface area contributed by atoms with Crippen LogP contribution in [0.5, 0.6) is 0 Å². The van der Waals surface area contributed by atoms with E-state index >= 15 is 0 Å². The Morgan fingerprint density at radius 1 is 1.00 bits per heavy atom. The zero-order valence-corrected chi connectivity index (χ0v) is 11.3. The van der Waals surface area contributed by atoms with Gasteiger partial charge in [-0.25, -0.2) is 0 Å². The van der Waals surface area contributed by atoms with Gasteiger partial charge >= 0.3 is 20.2 Å². The second-order valence-electron chi connectivity index (χ2n) is 2.27. The molecule has 10 heteroatoms. The molecule has 0 aromatic rings. The monoisotopic (exact) mass is 287 g/mol. The predicted molar refractivity (Wildman–Crippen MR) is 63.4 cm³/mol. The van der Waals surface area contributed by atoms with Crippen LogP contribution in [0.4, 0.5) is 0 Å². The van der Waals surface area contributed by atoms with Crippen molar-refractivity contribution >= 4 is 20.2 Å². The fraction of sp³-hybridized carbons (Fsp3) is 0.750. The summed E-state index contributed by atoms with van der Waals surface area (Å²) in [5.41, 5.74) is 9.77. The smallest absolute Gasteiger partial charge is 0.465 e. The Labute approximate surface area is 106 Å². The molecule has 0 radical (unpaired) electrons. The predicted octanol–water partition coefficient (Wildman–Crippen LogP) is -1.36. The van der Waals surface area contributed by atoms with E-state index in [1.54, 1.807) is 13.8 Å². The van der Waals surface area contributed by atoms with E-state index in [0.29, 0.717) is 13.2 Å². The summed E-state index contributed by atoms with van der Waals surface area (Å²) in [6.45, 7) is 4.27. The van der Waals surface area contributed by atoms with Crippen LogP contribution in [0.1, 0.15) is 13.8 Å². The van der Waals surface area contributed by atoms with Crippen LogP contribution < -0.4 is 11.5 Å². The first-order valence-electron chi connectivity index (χ1n) is 4.91. The lowest BCUT2D eigenvalue weighted by atomic mass is 10.7. The van der Waals surface area contributed by atoms with Crippen molar-refractivity contribution in [2.24, 2.45) is 11.5 Å². The molecule has 0 aliphatic carbocycles. The third-order valence-electron chi connectivity index (χ3n) is 0.944. The van der Waals surface area contributed by atoms with Crippen molar-refractivity contribution in [1.29, 1.82) is 0 Å². The Kier molecular flexibility index (Phi) is 22.4. The van der Waals surface area contributed by atoms with Gasteiger partial charge in [0.2, 0.25) is 0 Å². The van der Waals surface area contributed by atoms with Crippen LogP contribution in [0.3, 0.4) is 0 Å². The molecule has 0 aromatic heterocycles. The molecule has 0 aromatic carbocycles. The topological polar surface area (TPSA) is 162 Å². The lowest BCUT2D eigenvalue weighted by molar-refractivity contribution is -0.142.